The second-order valence-electron chi connectivity index (χ2n) is 9.05. The van der Waals surface area contributed by atoms with Crippen molar-refractivity contribution in [1.29, 1.82) is 0 Å². The predicted molar refractivity (Wildman–Crippen MR) is 125 cm³/mol. The zero-order valence-corrected chi connectivity index (χ0v) is 19.2. The van der Waals surface area contributed by atoms with Gasteiger partial charge in [0.25, 0.3) is 0 Å². The standard InChI is InChI=1S/C22H26N8OS/c1-12(2)19-26-21(32-28-19)27-22(31)30-10-13-7-15(8-14(13)11-30)29(4)18-16-5-6-24-20(16)25-9-17(18)23-3/h5-6,9,12-15H,7-8,10-11H2,1-2,4H3,(H,24,25)(H,26,27,28,31)/t13-,14+,15?. The molecule has 3 aromatic heterocycles. The molecule has 0 radical (unpaired) electrons. The number of likely N-dealkylation sites (tertiary alicyclic amines) is 1. The number of hydrogen-bond acceptors (Lipinski definition) is 6. The van der Waals surface area contributed by atoms with Crippen molar-refractivity contribution >= 4 is 45.1 Å². The second-order valence-corrected chi connectivity index (χ2v) is 9.80. The average Bonchev–Trinajstić information content (AvgIpc) is 3.54. The number of carbonyl (C=O) groups is 1. The van der Waals surface area contributed by atoms with Gasteiger partial charge in [-0.15, -0.1) is 0 Å². The number of urea groups is 1. The summed E-state index contributed by atoms with van der Waals surface area (Å²) in [7, 11) is 2.08. The van der Waals surface area contributed by atoms with E-state index in [1.165, 1.54) is 11.5 Å². The summed E-state index contributed by atoms with van der Waals surface area (Å²) in [5.41, 5.74) is 2.33. The van der Waals surface area contributed by atoms with Crippen LogP contribution < -0.4 is 10.2 Å². The molecule has 3 aromatic rings. The number of pyridine rings is 1. The van der Waals surface area contributed by atoms with Crippen molar-refractivity contribution in [2.45, 2.75) is 38.6 Å². The van der Waals surface area contributed by atoms with Crippen molar-refractivity contribution in [3.8, 4) is 0 Å². The Morgan fingerprint density at radius 3 is 2.78 bits per heavy atom. The Labute approximate surface area is 190 Å². The molecule has 32 heavy (non-hydrogen) atoms. The molecule has 2 amide bonds. The average molecular weight is 451 g/mol. The SMILES string of the molecule is [C-]#[N+]c1cnc2[nH]ccc2c1N(C)C1C[C@@H]2CN(C(=O)Nc3nc(C(C)C)ns3)C[C@@H]2C1. The van der Waals surface area contributed by atoms with Gasteiger partial charge in [0, 0.05) is 61.4 Å². The fourth-order valence-corrected chi connectivity index (χ4v) is 5.76. The number of anilines is 2. The summed E-state index contributed by atoms with van der Waals surface area (Å²) >= 11 is 1.24. The molecular weight excluding hydrogens is 424 g/mol. The van der Waals surface area contributed by atoms with E-state index in [0.717, 1.165) is 48.5 Å². The lowest BCUT2D eigenvalue weighted by Gasteiger charge is -2.30. The third-order valence-electron chi connectivity index (χ3n) is 6.75. The first-order valence-corrected chi connectivity index (χ1v) is 11.7. The number of fused-ring (bicyclic) bond motifs is 2. The summed E-state index contributed by atoms with van der Waals surface area (Å²) in [6.45, 7) is 13.2. The van der Waals surface area contributed by atoms with Crippen molar-refractivity contribution in [2.75, 3.05) is 30.4 Å². The first kappa shape index (κ1) is 20.7. The van der Waals surface area contributed by atoms with Gasteiger partial charge in [0.05, 0.1) is 12.3 Å². The Morgan fingerprint density at radius 2 is 2.12 bits per heavy atom. The van der Waals surface area contributed by atoms with Gasteiger partial charge in [-0.2, -0.15) is 4.37 Å². The van der Waals surface area contributed by atoms with Crippen LogP contribution in [-0.4, -0.2) is 56.4 Å². The molecule has 2 aliphatic rings. The van der Waals surface area contributed by atoms with Crippen LogP contribution in [0.1, 0.15) is 38.4 Å². The summed E-state index contributed by atoms with van der Waals surface area (Å²) in [6, 6.07) is 2.24. The number of nitrogens with zero attached hydrogens (tertiary/aromatic N) is 6. The molecule has 9 nitrogen and oxygen atoms in total. The molecule has 4 heterocycles. The maximum Gasteiger partial charge on any atom is 0.323 e. The molecule has 1 saturated carbocycles. The summed E-state index contributed by atoms with van der Waals surface area (Å²) in [5, 5.41) is 4.46. The lowest BCUT2D eigenvalue weighted by atomic mass is 10.0. The summed E-state index contributed by atoms with van der Waals surface area (Å²) in [4.78, 5) is 32.5. The lowest BCUT2D eigenvalue weighted by molar-refractivity contribution is 0.218. The van der Waals surface area contributed by atoms with Gasteiger partial charge in [-0.05, 0) is 30.7 Å². The van der Waals surface area contributed by atoms with Gasteiger partial charge in [-0.25, -0.2) is 14.6 Å². The van der Waals surface area contributed by atoms with Crippen LogP contribution in [0.2, 0.25) is 0 Å². The van der Waals surface area contributed by atoms with Gasteiger partial charge in [-0.3, -0.25) is 10.3 Å². The van der Waals surface area contributed by atoms with Gasteiger partial charge in [-0.1, -0.05) is 13.8 Å². The zero-order chi connectivity index (χ0) is 22.4. The van der Waals surface area contributed by atoms with Gasteiger partial charge >= 0.3 is 6.03 Å². The van der Waals surface area contributed by atoms with Gasteiger partial charge in [0.2, 0.25) is 10.8 Å². The van der Waals surface area contributed by atoms with E-state index in [0.29, 0.717) is 28.7 Å². The fraction of sp³-hybridized carbons (Fsp3) is 0.500. The summed E-state index contributed by atoms with van der Waals surface area (Å²) in [6.07, 6.45) is 5.53. The number of rotatable bonds is 4. The van der Waals surface area contributed by atoms with E-state index in [9.17, 15) is 4.79 Å². The van der Waals surface area contributed by atoms with E-state index < -0.39 is 0 Å². The van der Waals surface area contributed by atoms with Crippen molar-refractivity contribution < 1.29 is 4.79 Å². The third-order valence-corrected chi connectivity index (χ3v) is 7.39. The Morgan fingerprint density at radius 1 is 1.38 bits per heavy atom. The zero-order valence-electron chi connectivity index (χ0n) is 18.4. The minimum absolute atomic E-state index is 0.0887. The summed E-state index contributed by atoms with van der Waals surface area (Å²) < 4.78 is 4.31. The minimum atomic E-state index is -0.0887. The predicted octanol–water partition coefficient (Wildman–Crippen LogP) is 4.47. The molecule has 1 aliphatic carbocycles. The van der Waals surface area contributed by atoms with Crippen LogP contribution in [0.5, 0.6) is 0 Å². The maximum absolute atomic E-state index is 12.8. The van der Waals surface area contributed by atoms with Gasteiger partial charge in [0.1, 0.15) is 11.5 Å². The van der Waals surface area contributed by atoms with Gasteiger partial charge < -0.3 is 14.8 Å². The number of carbonyl (C=O) groups excluding carboxylic acids is 1. The number of H-pyrrole nitrogens is 1. The van der Waals surface area contributed by atoms with Gasteiger partial charge in [0.15, 0.2) is 0 Å². The summed E-state index contributed by atoms with van der Waals surface area (Å²) in [5.74, 6) is 1.94. The number of nitrogens with one attached hydrogen (secondary N) is 2. The van der Waals surface area contributed by atoms with Crippen molar-refractivity contribution in [3.63, 3.8) is 0 Å². The van der Waals surface area contributed by atoms with Crippen molar-refractivity contribution in [1.82, 2.24) is 24.2 Å². The minimum Gasteiger partial charge on any atom is -0.380 e. The molecule has 1 aliphatic heterocycles. The van der Waals surface area contributed by atoms with Crippen molar-refractivity contribution in [3.05, 3.63) is 35.7 Å². The van der Waals surface area contributed by atoms with E-state index in [-0.39, 0.29) is 11.9 Å². The van der Waals surface area contributed by atoms with E-state index >= 15 is 0 Å². The highest BCUT2D eigenvalue weighted by atomic mass is 32.1. The van der Waals surface area contributed by atoms with Crippen LogP contribution in [0.15, 0.2) is 18.5 Å². The van der Waals surface area contributed by atoms with Crippen molar-refractivity contribution in [2.24, 2.45) is 11.8 Å². The molecule has 5 rings (SSSR count). The van der Waals surface area contributed by atoms with Crippen LogP contribution >= 0.6 is 11.5 Å². The van der Waals surface area contributed by atoms with E-state index in [2.05, 4.69) is 41.4 Å². The Hall–Kier alpha value is -3.19. The smallest absolute Gasteiger partial charge is 0.323 e. The van der Waals surface area contributed by atoms with Crippen LogP contribution in [-0.2, 0) is 0 Å². The number of aromatic nitrogens is 4. The second kappa shape index (κ2) is 8.06. The molecule has 2 fully saturated rings. The van der Waals surface area contributed by atoms with E-state index in [1.807, 2.05) is 31.0 Å². The molecule has 0 bridgehead atoms. The Balaban J connectivity index is 1.25. The normalized spacial score (nSPS) is 22.3. The largest absolute Gasteiger partial charge is 0.380 e. The van der Waals surface area contributed by atoms with E-state index in [4.69, 9.17) is 6.57 Å². The highest BCUT2D eigenvalue weighted by Crippen LogP contribution is 2.44. The molecule has 3 atom stereocenters. The lowest BCUT2D eigenvalue weighted by Crippen LogP contribution is -2.36. The van der Waals surface area contributed by atoms with Crippen LogP contribution in [0.25, 0.3) is 15.9 Å². The quantitative estimate of drug-likeness (QED) is 0.572. The molecule has 0 aromatic carbocycles. The highest BCUT2D eigenvalue weighted by molar-refractivity contribution is 7.09. The molecule has 10 heteroatoms. The van der Waals surface area contributed by atoms with E-state index in [1.54, 1.807) is 6.20 Å². The number of aromatic amines is 1. The molecule has 0 spiro atoms. The molecule has 166 valence electrons. The third kappa shape index (κ3) is 3.56. The highest BCUT2D eigenvalue weighted by Gasteiger charge is 2.44. The fourth-order valence-electron chi connectivity index (χ4n) is 5.06. The first-order chi connectivity index (χ1) is 15.4. The molecular formula is C22H26N8OS. The Kier molecular flexibility index (Phi) is 5.21. The first-order valence-electron chi connectivity index (χ1n) is 10.9. The van der Waals surface area contributed by atoms with Crippen LogP contribution in [0.4, 0.5) is 21.3 Å². The number of hydrogen-bond donors (Lipinski definition) is 2. The molecule has 1 saturated heterocycles. The molecule has 1 unspecified atom stereocenters. The monoisotopic (exact) mass is 450 g/mol. The Bertz CT molecular complexity index is 1180. The topological polar surface area (TPSA) is 94.4 Å². The maximum atomic E-state index is 12.8. The van der Waals surface area contributed by atoms with Crippen LogP contribution in [0.3, 0.4) is 0 Å². The molecule has 2 N–H and O–H groups in total. The van der Waals surface area contributed by atoms with Crippen LogP contribution in [0, 0.1) is 18.4 Å². The number of amides is 2.